The van der Waals surface area contributed by atoms with Gasteiger partial charge >= 0.3 is 23.9 Å². The van der Waals surface area contributed by atoms with Crippen molar-refractivity contribution in [3.8, 4) is 0 Å². The summed E-state index contributed by atoms with van der Waals surface area (Å²) in [5.74, 6) is -2.29. The molecule has 2 atom stereocenters. The number of rotatable bonds is 16. The largest absolute Gasteiger partial charge is 0.466 e. The van der Waals surface area contributed by atoms with Crippen LogP contribution in [0.1, 0.15) is 32.1 Å². The van der Waals surface area contributed by atoms with Gasteiger partial charge < -0.3 is 28.4 Å². The van der Waals surface area contributed by atoms with Crippen LogP contribution in [0, 0.1) is 0 Å². The SMILES string of the molecule is COC(=O)C=CC(=O)OCCCCCN1CCOC(C2CN(CCCCOC(=O)C=CC(=O)OC)CCO2)C1. The number of hydrogen-bond donors (Lipinski definition) is 0. The first kappa shape index (κ1) is 32.4. The van der Waals surface area contributed by atoms with Crippen LogP contribution in [0.3, 0.4) is 0 Å². The van der Waals surface area contributed by atoms with E-state index in [0.717, 1.165) is 95.7 Å². The zero-order valence-corrected chi connectivity index (χ0v) is 23.0. The number of carbonyl (C=O) groups is 4. The Morgan fingerprint density at radius 1 is 0.641 bits per heavy atom. The first-order chi connectivity index (χ1) is 18.9. The summed E-state index contributed by atoms with van der Waals surface area (Å²) in [4.78, 5) is 49.8. The summed E-state index contributed by atoms with van der Waals surface area (Å²) >= 11 is 0. The summed E-state index contributed by atoms with van der Waals surface area (Å²) in [6.07, 6.45) is 8.55. The third kappa shape index (κ3) is 14.2. The lowest BCUT2D eigenvalue weighted by atomic mass is 10.1. The molecule has 0 aromatic heterocycles. The second-order valence-electron chi connectivity index (χ2n) is 9.24. The number of carbonyl (C=O) groups excluding carboxylic acids is 4. The molecule has 0 amide bonds. The van der Waals surface area contributed by atoms with Crippen molar-refractivity contribution in [2.45, 2.75) is 44.3 Å². The van der Waals surface area contributed by atoms with Gasteiger partial charge in [0.1, 0.15) is 0 Å². The molecule has 0 bridgehead atoms. The van der Waals surface area contributed by atoms with Gasteiger partial charge in [-0.15, -0.1) is 0 Å². The Morgan fingerprint density at radius 2 is 1.05 bits per heavy atom. The third-order valence-electron chi connectivity index (χ3n) is 6.36. The molecule has 2 aliphatic heterocycles. The molecule has 0 radical (unpaired) electrons. The van der Waals surface area contributed by atoms with Gasteiger partial charge in [0.25, 0.3) is 0 Å². The highest BCUT2D eigenvalue weighted by atomic mass is 16.6. The summed E-state index contributed by atoms with van der Waals surface area (Å²) in [5.41, 5.74) is 0. The summed E-state index contributed by atoms with van der Waals surface area (Å²) in [6.45, 7) is 7.14. The molecule has 220 valence electrons. The predicted octanol–water partition coefficient (Wildman–Crippen LogP) is 0.883. The Morgan fingerprint density at radius 3 is 1.51 bits per heavy atom. The lowest BCUT2D eigenvalue weighted by Crippen LogP contribution is -2.54. The highest BCUT2D eigenvalue weighted by molar-refractivity contribution is 5.92. The minimum atomic E-state index is -0.595. The first-order valence-corrected chi connectivity index (χ1v) is 13.4. The lowest BCUT2D eigenvalue weighted by Gasteiger charge is -2.41. The van der Waals surface area contributed by atoms with Gasteiger partial charge in [0.15, 0.2) is 0 Å². The van der Waals surface area contributed by atoms with Crippen molar-refractivity contribution in [2.75, 3.05) is 79.9 Å². The maximum Gasteiger partial charge on any atom is 0.331 e. The summed E-state index contributed by atoms with van der Waals surface area (Å²) in [6, 6.07) is 0. The number of ether oxygens (including phenoxy) is 6. The quantitative estimate of drug-likeness (QED) is 0.116. The molecule has 0 N–H and O–H groups in total. The third-order valence-corrected chi connectivity index (χ3v) is 6.36. The minimum Gasteiger partial charge on any atom is -0.466 e. The Labute approximate surface area is 230 Å². The first-order valence-electron chi connectivity index (χ1n) is 13.4. The van der Waals surface area contributed by atoms with Crippen molar-refractivity contribution in [2.24, 2.45) is 0 Å². The average Bonchev–Trinajstić information content (AvgIpc) is 2.96. The minimum absolute atomic E-state index is 0.0142. The monoisotopic (exact) mass is 554 g/mol. The zero-order valence-electron chi connectivity index (χ0n) is 23.0. The van der Waals surface area contributed by atoms with E-state index in [1.807, 2.05) is 0 Å². The molecule has 2 saturated heterocycles. The van der Waals surface area contributed by atoms with E-state index < -0.39 is 23.9 Å². The van der Waals surface area contributed by atoms with Crippen LogP contribution >= 0.6 is 0 Å². The van der Waals surface area contributed by atoms with Gasteiger partial charge in [-0.25, -0.2) is 19.2 Å². The van der Waals surface area contributed by atoms with Gasteiger partial charge in [-0.05, 0) is 45.2 Å². The van der Waals surface area contributed by atoms with Crippen LogP contribution in [0.2, 0.25) is 0 Å². The van der Waals surface area contributed by atoms with Crippen molar-refractivity contribution in [3.05, 3.63) is 24.3 Å². The number of hydrogen-bond acceptors (Lipinski definition) is 12. The lowest BCUT2D eigenvalue weighted by molar-refractivity contribution is -0.140. The van der Waals surface area contributed by atoms with Crippen molar-refractivity contribution in [3.63, 3.8) is 0 Å². The van der Waals surface area contributed by atoms with Crippen LogP contribution in [0.5, 0.6) is 0 Å². The van der Waals surface area contributed by atoms with Crippen LogP contribution in [0.4, 0.5) is 0 Å². The van der Waals surface area contributed by atoms with E-state index in [9.17, 15) is 19.2 Å². The van der Waals surface area contributed by atoms with Crippen LogP contribution in [-0.2, 0) is 47.6 Å². The Balaban J connectivity index is 1.57. The van der Waals surface area contributed by atoms with Crippen LogP contribution in [0.15, 0.2) is 24.3 Å². The van der Waals surface area contributed by atoms with Gasteiger partial charge in [-0.3, -0.25) is 9.80 Å². The van der Waals surface area contributed by atoms with Crippen molar-refractivity contribution < 1.29 is 47.6 Å². The van der Waals surface area contributed by atoms with Gasteiger partial charge in [-0.2, -0.15) is 0 Å². The number of methoxy groups -OCH3 is 2. The van der Waals surface area contributed by atoms with Crippen molar-refractivity contribution >= 4 is 23.9 Å². The van der Waals surface area contributed by atoms with Crippen LogP contribution < -0.4 is 0 Å². The zero-order chi connectivity index (χ0) is 28.3. The fraction of sp³-hybridized carbons (Fsp3) is 0.704. The van der Waals surface area contributed by atoms with E-state index in [1.165, 1.54) is 14.2 Å². The summed E-state index contributed by atoms with van der Waals surface area (Å²) in [5, 5.41) is 0. The molecule has 0 aliphatic carbocycles. The van der Waals surface area contributed by atoms with Crippen LogP contribution in [-0.4, -0.2) is 126 Å². The second-order valence-corrected chi connectivity index (χ2v) is 9.24. The molecule has 2 fully saturated rings. The number of unbranched alkanes of at least 4 members (excludes halogenated alkanes) is 3. The van der Waals surface area contributed by atoms with E-state index in [0.29, 0.717) is 26.4 Å². The number of morpholine rings is 2. The van der Waals surface area contributed by atoms with E-state index in [4.69, 9.17) is 18.9 Å². The van der Waals surface area contributed by atoms with Crippen LogP contribution in [0.25, 0.3) is 0 Å². The maximum atomic E-state index is 11.6. The molecule has 2 aliphatic rings. The summed E-state index contributed by atoms with van der Waals surface area (Å²) < 4.78 is 31.1. The van der Waals surface area contributed by atoms with E-state index in [1.54, 1.807) is 0 Å². The summed E-state index contributed by atoms with van der Waals surface area (Å²) in [7, 11) is 2.49. The fourth-order valence-corrected chi connectivity index (χ4v) is 4.22. The molecule has 2 rings (SSSR count). The molecule has 0 spiro atoms. The topological polar surface area (TPSA) is 130 Å². The molecule has 12 heteroatoms. The van der Waals surface area contributed by atoms with E-state index in [-0.39, 0.29) is 12.2 Å². The molecule has 2 heterocycles. The van der Waals surface area contributed by atoms with Gasteiger partial charge in [0, 0.05) is 50.5 Å². The molecule has 12 nitrogen and oxygen atoms in total. The van der Waals surface area contributed by atoms with Crippen molar-refractivity contribution in [1.29, 1.82) is 0 Å². The molecular formula is C27H42N2O10. The molecule has 0 saturated carbocycles. The molecule has 39 heavy (non-hydrogen) atoms. The normalized spacial score (nSPS) is 20.7. The molecular weight excluding hydrogens is 512 g/mol. The molecule has 0 aromatic rings. The Bertz CT molecular complexity index is 831. The smallest absolute Gasteiger partial charge is 0.331 e. The Hall–Kier alpha value is -2.80. The van der Waals surface area contributed by atoms with Gasteiger partial charge in [-0.1, -0.05) is 0 Å². The highest BCUT2D eigenvalue weighted by Crippen LogP contribution is 2.17. The van der Waals surface area contributed by atoms with Gasteiger partial charge in [0.05, 0.1) is 52.9 Å². The van der Waals surface area contributed by atoms with Gasteiger partial charge in [0.2, 0.25) is 0 Å². The molecule has 2 unspecified atom stereocenters. The van der Waals surface area contributed by atoms with Crippen molar-refractivity contribution in [1.82, 2.24) is 9.80 Å². The van der Waals surface area contributed by atoms with E-state index in [2.05, 4.69) is 19.3 Å². The average molecular weight is 555 g/mol. The fourth-order valence-electron chi connectivity index (χ4n) is 4.22. The standard InChI is InChI=1S/C27H42N2O10/c1-34-24(30)8-10-26(32)38-16-6-3-4-12-28-14-18-36-22(20-28)23-21-29(15-19-37-23)13-5-7-17-39-27(33)11-9-25(31)35-2/h8-11,22-23H,3-7,12-21H2,1-2H3. The maximum absolute atomic E-state index is 11.6. The predicted molar refractivity (Wildman–Crippen MR) is 140 cm³/mol. The number of esters is 4. The molecule has 0 aromatic carbocycles. The number of nitrogens with zero attached hydrogens (tertiary/aromatic N) is 2. The highest BCUT2D eigenvalue weighted by Gasteiger charge is 2.32. The Kier molecular flexibility index (Phi) is 16.0. The second kappa shape index (κ2) is 19.3. The van der Waals surface area contributed by atoms with E-state index >= 15 is 0 Å².